The molecule has 0 fully saturated rings. The van der Waals surface area contributed by atoms with Crippen molar-refractivity contribution in [2.45, 2.75) is 32.2 Å². The summed E-state index contributed by atoms with van der Waals surface area (Å²) in [5.74, 6) is -0.672. The summed E-state index contributed by atoms with van der Waals surface area (Å²) in [6.07, 6.45) is -1.72. The normalized spacial score (nSPS) is 14.1. The van der Waals surface area contributed by atoms with E-state index in [4.69, 9.17) is 4.74 Å². The van der Waals surface area contributed by atoms with Crippen molar-refractivity contribution in [3.8, 4) is 0 Å². The van der Waals surface area contributed by atoms with E-state index < -0.39 is 30.7 Å². The molecule has 0 bridgehead atoms. The van der Waals surface area contributed by atoms with E-state index in [9.17, 15) is 18.0 Å². The number of esters is 1. The fourth-order valence-electron chi connectivity index (χ4n) is 2.61. The second kappa shape index (κ2) is 8.15. The number of aromatic nitrogens is 2. The van der Waals surface area contributed by atoms with Crippen LogP contribution >= 0.6 is 0 Å². The van der Waals surface area contributed by atoms with Crippen molar-refractivity contribution in [2.75, 3.05) is 7.11 Å². The zero-order chi connectivity index (χ0) is 18.4. The first kappa shape index (κ1) is 19.0. The minimum absolute atomic E-state index is 0.0873. The van der Waals surface area contributed by atoms with Crippen LogP contribution in [0.3, 0.4) is 0 Å². The van der Waals surface area contributed by atoms with Crippen molar-refractivity contribution in [3.05, 3.63) is 54.1 Å². The largest absolute Gasteiger partial charge is 0.469 e. The topological polar surface area (TPSA) is 56.1 Å². The Kier molecular flexibility index (Phi) is 6.19. The summed E-state index contributed by atoms with van der Waals surface area (Å²) in [4.78, 5) is 15.9. The molecule has 1 aromatic heterocycles. The number of hydrogen-bond acceptors (Lipinski definition) is 4. The SMILES string of the molecule is COC(=O)[C@H](C)[C@@H](NCc1nccn1CC(F)(F)F)c1ccccc1. The van der Waals surface area contributed by atoms with Crippen molar-refractivity contribution < 1.29 is 22.7 Å². The van der Waals surface area contributed by atoms with E-state index in [1.165, 1.54) is 19.5 Å². The van der Waals surface area contributed by atoms with Crippen molar-refractivity contribution >= 4 is 5.97 Å². The minimum Gasteiger partial charge on any atom is -0.469 e. The van der Waals surface area contributed by atoms with E-state index in [2.05, 4.69) is 10.3 Å². The lowest BCUT2D eigenvalue weighted by molar-refractivity contribution is -0.146. The molecule has 0 radical (unpaired) electrons. The summed E-state index contributed by atoms with van der Waals surface area (Å²) in [6.45, 7) is 0.690. The summed E-state index contributed by atoms with van der Waals surface area (Å²) in [7, 11) is 1.30. The fourth-order valence-corrected chi connectivity index (χ4v) is 2.61. The van der Waals surface area contributed by atoms with Crippen molar-refractivity contribution in [2.24, 2.45) is 5.92 Å². The highest BCUT2D eigenvalue weighted by Crippen LogP contribution is 2.24. The van der Waals surface area contributed by atoms with Gasteiger partial charge in [-0.05, 0) is 5.56 Å². The second-order valence-electron chi connectivity index (χ2n) is 5.67. The molecule has 5 nitrogen and oxygen atoms in total. The molecule has 0 unspecified atom stereocenters. The van der Waals surface area contributed by atoms with Crippen molar-refractivity contribution in [3.63, 3.8) is 0 Å². The Bertz CT molecular complexity index is 686. The van der Waals surface area contributed by atoms with Gasteiger partial charge in [-0.1, -0.05) is 37.3 Å². The van der Waals surface area contributed by atoms with Crippen LogP contribution < -0.4 is 5.32 Å². The quantitative estimate of drug-likeness (QED) is 0.776. The molecule has 136 valence electrons. The molecule has 8 heteroatoms. The molecular formula is C17H20F3N3O2. The van der Waals surface area contributed by atoms with Gasteiger partial charge < -0.3 is 14.6 Å². The van der Waals surface area contributed by atoms with Crippen LogP contribution in [0.15, 0.2) is 42.7 Å². The molecule has 2 aromatic rings. The zero-order valence-electron chi connectivity index (χ0n) is 14.0. The first-order chi connectivity index (χ1) is 11.8. The molecule has 0 aliphatic heterocycles. The van der Waals surface area contributed by atoms with Gasteiger partial charge in [-0.25, -0.2) is 4.98 Å². The summed E-state index contributed by atoms with van der Waals surface area (Å²) in [5, 5.41) is 3.13. The van der Waals surface area contributed by atoms with Gasteiger partial charge in [0, 0.05) is 18.4 Å². The Labute approximate surface area is 143 Å². The molecule has 2 atom stereocenters. The molecule has 1 aromatic carbocycles. The van der Waals surface area contributed by atoms with E-state index in [0.717, 1.165) is 10.1 Å². The Morgan fingerprint density at radius 2 is 2.00 bits per heavy atom. The molecule has 0 saturated heterocycles. The number of halogens is 3. The van der Waals surface area contributed by atoms with Gasteiger partial charge in [0.2, 0.25) is 0 Å². The third kappa shape index (κ3) is 5.32. The number of rotatable bonds is 7. The van der Waals surface area contributed by atoms with E-state index in [-0.39, 0.29) is 12.4 Å². The zero-order valence-corrected chi connectivity index (χ0v) is 14.0. The highest BCUT2D eigenvalue weighted by Gasteiger charge is 2.30. The van der Waals surface area contributed by atoms with Gasteiger partial charge in [0.1, 0.15) is 12.4 Å². The average molecular weight is 355 g/mol. The Morgan fingerprint density at radius 1 is 1.32 bits per heavy atom. The molecule has 0 aliphatic rings. The molecule has 0 aliphatic carbocycles. The third-order valence-corrected chi connectivity index (χ3v) is 3.86. The third-order valence-electron chi connectivity index (χ3n) is 3.86. The van der Waals surface area contributed by atoms with Crippen LogP contribution in [0.25, 0.3) is 0 Å². The molecule has 2 rings (SSSR count). The lowest BCUT2D eigenvalue weighted by atomic mass is 9.94. The van der Waals surface area contributed by atoms with Gasteiger partial charge in [-0.2, -0.15) is 13.2 Å². The second-order valence-corrected chi connectivity index (χ2v) is 5.67. The van der Waals surface area contributed by atoms with Crippen LogP contribution in [0.4, 0.5) is 13.2 Å². The molecule has 0 amide bonds. The number of methoxy groups -OCH3 is 1. The van der Waals surface area contributed by atoms with E-state index in [1.54, 1.807) is 6.92 Å². The van der Waals surface area contributed by atoms with Gasteiger partial charge in [0.15, 0.2) is 0 Å². The highest BCUT2D eigenvalue weighted by atomic mass is 19.4. The maximum absolute atomic E-state index is 12.6. The number of imidazole rings is 1. The molecule has 0 saturated carbocycles. The predicted octanol–water partition coefficient (Wildman–Crippen LogP) is 3.09. The fraction of sp³-hybridized carbons (Fsp3) is 0.412. The maximum Gasteiger partial charge on any atom is 0.406 e. The van der Waals surface area contributed by atoms with Crippen LogP contribution in [-0.4, -0.2) is 28.8 Å². The Hall–Kier alpha value is -2.35. The number of carbonyl (C=O) groups is 1. The van der Waals surface area contributed by atoms with E-state index in [0.29, 0.717) is 0 Å². The molecular weight excluding hydrogens is 335 g/mol. The van der Waals surface area contributed by atoms with Crippen molar-refractivity contribution in [1.82, 2.24) is 14.9 Å². The Morgan fingerprint density at radius 3 is 2.60 bits per heavy atom. The summed E-state index contributed by atoms with van der Waals surface area (Å²) < 4.78 is 43.7. The number of ether oxygens (including phenoxy) is 1. The highest BCUT2D eigenvalue weighted by molar-refractivity contribution is 5.73. The van der Waals surface area contributed by atoms with Crippen LogP contribution in [0, 0.1) is 5.92 Å². The maximum atomic E-state index is 12.6. The van der Waals surface area contributed by atoms with Crippen LogP contribution in [-0.2, 0) is 22.6 Å². The standard InChI is InChI=1S/C17H20F3N3O2/c1-12(16(24)25-2)15(13-6-4-3-5-7-13)22-10-14-21-8-9-23(14)11-17(18,19)20/h3-9,12,15,22H,10-11H2,1-2H3/t12-,15-/m1/s1. The number of alkyl halides is 3. The number of nitrogens with zero attached hydrogens (tertiary/aromatic N) is 2. The van der Waals surface area contributed by atoms with Gasteiger partial charge in [0.05, 0.1) is 19.6 Å². The Balaban J connectivity index is 2.16. The first-order valence-corrected chi connectivity index (χ1v) is 7.74. The van der Waals surface area contributed by atoms with Crippen molar-refractivity contribution in [1.29, 1.82) is 0 Å². The molecule has 1 heterocycles. The number of nitrogens with one attached hydrogen (secondary N) is 1. The van der Waals surface area contributed by atoms with Crippen LogP contribution in [0.5, 0.6) is 0 Å². The lowest BCUT2D eigenvalue weighted by Crippen LogP contribution is -2.33. The first-order valence-electron chi connectivity index (χ1n) is 7.74. The molecule has 1 N–H and O–H groups in total. The number of carbonyl (C=O) groups excluding carboxylic acids is 1. The van der Waals surface area contributed by atoms with Gasteiger partial charge >= 0.3 is 12.1 Å². The van der Waals surface area contributed by atoms with Crippen LogP contribution in [0.1, 0.15) is 24.4 Å². The monoisotopic (exact) mass is 355 g/mol. The number of benzene rings is 1. The predicted molar refractivity (Wildman–Crippen MR) is 85.5 cm³/mol. The number of hydrogen-bond donors (Lipinski definition) is 1. The molecule has 25 heavy (non-hydrogen) atoms. The minimum atomic E-state index is -4.33. The van der Waals surface area contributed by atoms with Gasteiger partial charge in [-0.15, -0.1) is 0 Å². The summed E-state index contributed by atoms with van der Waals surface area (Å²) >= 11 is 0. The van der Waals surface area contributed by atoms with E-state index >= 15 is 0 Å². The van der Waals surface area contributed by atoms with E-state index in [1.807, 2.05) is 30.3 Å². The smallest absolute Gasteiger partial charge is 0.406 e. The van der Waals surface area contributed by atoms with Gasteiger partial charge in [0.25, 0.3) is 0 Å². The summed E-state index contributed by atoms with van der Waals surface area (Å²) in [6, 6.07) is 8.79. The van der Waals surface area contributed by atoms with Crippen LogP contribution in [0.2, 0.25) is 0 Å². The average Bonchev–Trinajstić information content (AvgIpc) is 3.00. The lowest BCUT2D eigenvalue weighted by Gasteiger charge is -2.24. The van der Waals surface area contributed by atoms with Gasteiger partial charge in [-0.3, -0.25) is 4.79 Å². The molecule has 0 spiro atoms. The summed E-state index contributed by atoms with van der Waals surface area (Å²) in [5.41, 5.74) is 0.842.